The molecule has 142 valence electrons. The van der Waals surface area contributed by atoms with Crippen LogP contribution >= 0.6 is 0 Å². The molecule has 0 aromatic heterocycles. The van der Waals surface area contributed by atoms with Gasteiger partial charge in [0.15, 0.2) is 0 Å². The standard InChI is InChI=1S/C19H27N3O3S/c23-19(22-11-9-16(10-12-22)20-13-14-1-2-14)15-3-7-18(8-4-15)26(24,25)21-17-5-6-17/h3-4,7-8,14,16-17,20-21H,1-2,5-6,9-13H2. The van der Waals surface area contributed by atoms with Crippen LogP contribution in [0.15, 0.2) is 29.2 Å². The van der Waals surface area contributed by atoms with Crippen LogP contribution in [0.3, 0.4) is 0 Å². The molecule has 1 amide bonds. The minimum atomic E-state index is -3.46. The van der Waals surface area contributed by atoms with Crippen LogP contribution in [0.4, 0.5) is 0 Å². The van der Waals surface area contributed by atoms with E-state index >= 15 is 0 Å². The van der Waals surface area contributed by atoms with Crippen molar-refractivity contribution in [3.8, 4) is 0 Å². The summed E-state index contributed by atoms with van der Waals surface area (Å²) in [6, 6.07) is 6.91. The number of carbonyl (C=O) groups excluding carboxylic acids is 1. The Labute approximate surface area is 155 Å². The van der Waals surface area contributed by atoms with Gasteiger partial charge < -0.3 is 10.2 Å². The van der Waals surface area contributed by atoms with E-state index in [4.69, 9.17) is 0 Å². The van der Waals surface area contributed by atoms with Gasteiger partial charge in [0.25, 0.3) is 5.91 Å². The van der Waals surface area contributed by atoms with Crippen molar-refractivity contribution < 1.29 is 13.2 Å². The number of likely N-dealkylation sites (tertiary alicyclic amines) is 1. The summed E-state index contributed by atoms with van der Waals surface area (Å²) in [5.74, 6) is 0.864. The third-order valence-electron chi connectivity index (χ3n) is 5.49. The Kier molecular flexibility index (Phi) is 5.03. The van der Waals surface area contributed by atoms with Crippen LogP contribution < -0.4 is 10.0 Å². The van der Waals surface area contributed by atoms with Gasteiger partial charge in [-0.2, -0.15) is 0 Å². The minimum Gasteiger partial charge on any atom is -0.339 e. The zero-order chi connectivity index (χ0) is 18.1. The van der Waals surface area contributed by atoms with Crippen LogP contribution in [-0.2, 0) is 10.0 Å². The highest BCUT2D eigenvalue weighted by atomic mass is 32.2. The smallest absolute Gasteiger partial charge is 0.253 e. The normalized spacial score (nSPS) is 21.8. The summed E-state index contributed by atoms with van der Waals surface area (Å²) in [5, 5.41) is 3.62. The Morgan fingerprint density at radius 2 is 1.62 bits per heavy atom. The second-order valence-corrected chi connectivity index (χ2v) is 9.55. The molecule has 0 radical (unpaired) electrons. The first-order valence-electron chi connectivity index (χ1n) is 9.66. The molecule has 3 aliphatic rings. The molecule has 26 heavy (non-hydrogen) atoms. The van der Waals surface area contributed by atoms with Gasteiger partial charge in [0.2, 0.25) is 10.0 Å². The maximum Gasteiger partial charge on any atom is 0.253 e. The lowest BCUT2D eigenvalue weighted by Gasteiger charge is -2.32. The molecule has 1 aromatic carbocycles. The number of amides is 1. The molecular weight excluding hydrogens is 350 g/mol. The van der Waals surface area contributed by atoms with Crippen molar-refractivity contribution in [2.75, 3.05) is 19.6 Å². The predicted molar refractivity (Wildman–Crippen MR) is 99.4 cm³/mol. The third-order valence-corrected chi connectivity index (χ3v) is 7.02. The van der Waals surface area contributed by atoms with Gasteiger partial charge in [0, 0.05) is 30.7 Å². The highest BCUT2D eigenvalue weighted by Crippen LogP contribution is 2.28. The van der Waals surface area contributed by atoms with Gasteiger partial charge in [-0.15, -0.1) is 0 Å². The molecule has 7 heteroatoms. The summed E-state index contributed by atoms with van der Waals surface area (Å²) in [6.45, 7) is 2.62. The fourth-order valence-corrected chi connectivity index (χ4v) is 4.69. The Bertz CT molecular complexity index is 747. The molecule has 1 heterocycles. The molecule has 2 aliphatic carbocycles. The Balaban J connectivity index is 1.31. The monoisotopic (exact) mass is 377 g/mol. The van der Waals surface area contributed by atoms with Crippen LogP contribution in [0, 0.1) is 5.92 Å². The fraction of sp³-hybridized carbons (Fsp3) is 0.632. The molecule has 2 N–H and O–H groups in total. The lowest BCUT2D eigenvalue weighted by molar-refractivity contribution is 0.0705. The van der Waals surface area contributed by atoms with E-state index in [1.54, 1.807) is 12.1 Å². The lowest BCUT2D eigenvalue weighted by atomic mass is 10.0. The summed E-state index contributed by atoms with van der Waals surface area (Å²) in [4.78, 5) is 14.8. The zero-order valence-corrected chi connectivity index (χ0v) is 15.8. The first-order chi connectivity index (χ1) is 12.5. The molecule has 2 saturated carbocycles. The molecule has 0 unspecified atom stereocenters. The molecule has 4 rings (SSSR count). The highest BCUT2D eigenvalue weighted by Gasteiger charge is 2.29. The molecule has 0 bridgehead atoms. The highest BCUT2D eigenvalue weighted by molar-refractivity contribution is 7.89. The van der Waals surface area contributed by atoms with Gasteiger partial charge in [0.1, 0.15) is 0 Å². The number of carbonyl (C=O) groups is 1. The van der Waals surface area contributed by atoms with E-state index in [0.717, 1.165) is 51.2 Å². The van der Waals surface area contributed by atoms with E-state index < -0.39 is 10.0 Å². The van der Waals surface area contributed by atoms with E-state index in [9.17, 15) is 13.2 Å². The van der Waals surface area contributed by atoms with Gasteiger partial charge >= 0.3 is 0 Å². The first-order valence-corrected chi connectivity index (χ1v) is 11.1. The first kappa shape index (κ1) is 17.9. The fourth-order valence-electron chi connectivity index (χ4n) is 3.39. The molecule has 1 aliphatic heterocycles. The van der Waals surface area contributed by atoms with Crippen molar-refractivity contribution in [3.05, 3.63) is 29.8 Å². The third kappa shape index (κ3) is 4.45. The quantitative estimate of drug-likeness (QED) is 0.759. The largest absolute Gasteiger partial charge is 0.339 e. The number of rotatable bonds is 7. The summed E-state index contributed by atoms with van der Waals surface area (Å²) < 4.78 is 27.1. The predicted octanol–water partition coefficient (Wildman–Crippen LogP) is 1.73. The van der Waals surface area contributed by atoms with Crippen molar-refractivity contribution in [2.24, 2.45) is 5.92 Å². The van der Waals surface area contributed by atoms with E-state index in [1.807, 2.05) is 4.90 Å². The van der Waals surface area contributed by atoms with E-state index in [0.29, 0.717) is 11.6 Å². The molecular formula is C19H27N3O3S. The van der Waals surface area contributed by atoms with Gasteiger partial charge in [-0.3, -0.25) is 4.79 Å². The number of nitrogens with zero attached hydrogens (tertiary/aromatic N) is 1. The van der Waals surface area contributed by atoms with Crippen LogP contribution in [0.5, 0.6) is 0 Å². The number of hydrogen-bond acceptors (Lipinski definition) is 4. The molecule has 0 atom stereocenters. The molecule has 0 spiro atoms. The Hall–Kier alpha value is -1.44. The number of benzene rings is 1. The summed E-state index contributed by atoms with van der Waals surface area (Å²) in [6.07, 6.45) is 6.48. The average molecular weight is 378 g/mol. The maximum atomic E-state index is 12.7. The van der Waals surface area contributed by atoms with Gasteiger partial charge in [-0.05, 0) is 75.3 Å². The summed E-state index contributed by atoms with van der Waals surface area (Å²) in [7, 11) is -3.46. The van der Waals surface area contributed by atoms with Gasteiger partial charge in [-0.1, -0.05) is 0 Å². The molecule has 1 saturated heterocycles. The van der Waals surface area contributed by atoms with E-state index in [-0.39, 0.29) is 16.8 Å². The Morgan fingerprint density at radius 1 is 0.962 bits per heavy atom. The van der Waals surface area contributed by atoms with Crippen LogP contribution in [0.25, 0.3) is 0 Å². The Morgan fingerprint density at radius 3 is 2.19 bits per heavy atom. The van der Waals surface area contributed by atoms with Crippen LogP contribution in [-0.4, -0.2) is 50.9 Å². The van der Waals surface area contributed by atoms with Gasteiger partial charge in [-0.25, -0.2) is 13.1 Å². The van der Waals surface area contributed by atoms with Crippen LogP contribution in [0.1, 0.15) is 48.9 Å². The second kappa shape index (κ2) is 7.29. The second-order valence-electron chi connectivity index (χ2n) is 7.84. The SMILES string of the molecule is O=C(c1ccc(S(=O)(=O)NC2CC2)cc1)N1CCC(NCC2CC2)CC1. The molecule has 1 aromatic rings. The summed E-state index contributed by atoms with van der Waals surface area (Å²) in [5.41, 5.74) is 0.555. The van der Waals surface area contributed by atoms with Crippen molar-refractivity contribution >= 4 is 15.9 Å². The zero-order valence-electron chi connectivity index (χ0n) is 15.0. The molecule has 3 fully saturated rings. The maximum absolute atomic E-state index is 12.7. The number of hydrogen-bond donors (Lipinski definition) is 2. The van der Waals surface area contributed by atoms with E-state index in [1.165, 1.54) is 25.0 Å². The van der Waals surface area contributed by atoms with E-state index in [2.05, 4.69) is 10.0 Å². The van der Waals surface area contributed by atoms with Crippen molar-refractivity contribution in [2.45, 2.75) is 55.5 Å². The summed E-state index contributed by atoms with van der Waals surface area (Å²) >= 11 is 0. The van der Waals surface area contributed by atoms with Crippen molar-refractivity contribution in [1.82, 2.24) is 14.9 Å². The minimum absolute atomic E-state index is 0.00950. The lowest BCUT2D eigenvalue weighted by Crippen LogP contribution is -2.45. The average Bonchev–Trinajstić information content (AvgIpc) is 3.56. The van der Waals surface area contributed by atoms with Gasteiger partial charge in [0.05, 0.1) is 4.90 Å². The number of piperidine rings is 1. The number of nitrogens with one attached hydrogen (secondary N) is 2. The van der Waals surface area contributed by atoms with Crippen molar-refractivity contribution in [3.63, 3.8) is 0 Å². The molecule has 6 nitrogen and oxygen atoms in total. The number of sulfonamides is 1. The van der Waals surface area contributed by atoms with Crippen molar-refractivity contribution in [1.29, 1.82) is 0 Å². The van der Waals surface area contributed by atoms with Crippen LogP contribution in [0.2, 0.25) is 0 Å². The topological polar surface area (TPSA) is 78.5 Å².